The van der Waals surface area contributed by atoms with Crippen molar-refractivity contribution in [3.63, 3.8) is 0 Å². The number of aromatic nitrogens is 3. The number of hydrogen-bond donors (Lipinski definition) is 1. The lowest BCUT2D eigenvalue weighted by atomic mass is 10.2. The molecule has 0 radical (unpaired) electrons. The molecule has 0 saturated carbocycles. The zero-order valence-electron chi connectivity index (χ0n) is 14.6. The Morgan fingerprint density at radius 1 is 1.04 bits per heavy atom. The van der Waals surface area contributed by atoms with Crippen molar-refractivity contribution in [1.29, 1.82) is 0 Å². The van der Waals surface area contributed by atoms with Crippen LogP contribution in [0.3, 0.4) is 0 Å². The summed E-state index contributed by atoms with van der Waals surface area (Å²) in [6.07, 6.45) is 1.72. The molecule has 2 aromatic heterocycles. The van der Waals surface area contributed by atoms with Gasteiger partial charge in [-0.15, -0.1) is 0 Å². The first-order valence-corrected chi connectivity index (χ1v) is 8.96. The highest BCUT2D eigenvalue weighted by molar-refractivity contribution is 6.30. The van der Waals surface area contributed by atoms with Crippen molar-refractivity contribution < 1.29 is 4.79 Å². The number of nitrogens with zero attached hydrogens (tertiary/aromatic N) is 3. The first-order chi connectivity index (χ1) is 13.1. The maximum Gasteiger partial charge on any atom is 0.247 e. The van der Waals surface area contributed by atoms with Gasteiger partial charge in [-0.05, 0) is 55.5 Å². The summed E-state index contributed by atoms with van der Waals surface area (Å²) in [5, 5.41) is 3.56. The number of amides is 1. The van der Waals surface area contributed by atoms with Gasteiger partial charge in [0.1, 0.15) is 11.7 Å². The number of benzene rings is 2. The van der Waals surface area contributed by atoms with E-state index in [1.165, 1.54) is 0 Å². The van der Waals surface area contributed by atoms with Gasteiger partial charge in [0.15, 0.2) is 5.82 Å². The van der Waals surface area contributed by atoms with E-state index in [0.29, 0.717) is 16.5 Å². The number of para-hydroxylation sites is 2. The molecule has 0 saturated heterocycles. The summed E-state index contributed by atoms with van der Waals surface area (Å²) in [6, 6.07) is 20.0. The second kappa shape index (κ2) is 7.21. The Kier molecular flexibility index (Phi) is 4.60. The van der Waals surface area contributed by atoms with Crippen LogP contribution in [0.4, 0.5) is 5.69 Å². The van der Waals surface area contributed by atoms with Crippen molar-refractivity contribution in [3.05, 3.63) is 77.9 Å². The fourth-order valence-electron chi connectivity index (χ4n) is 3.01. The molecule has 0 aliphatic rings. The molecule has 2 aromatic carbocycles. The highest BCUT2D eigenvalue weighted by Crippen LogP contribution is 2.28. The Morgan fingerprint density at radius 3 is 2.52 bits per heavy atom. The predicted octanol–water partition coefficient (Wildman–Crippen LogP) is 4.95. The molecule has 0 fully saturated rings. The molecule has 0 aliphatic heterocycles. The minimum absolute atomic E-state index is 0.141. The number of hydrogen-bond acceptors (Lipinski definition) is 3. The standard InChI is InChI=1S/C21H17ClN4O/c1-14(21(27)24-16-11-9-15(22)10-12-16)26-19-8-3-2-6-17(19)25-20(26)18-7-4-5-13-23-18/h2-14H,1H3,(H,24,27). The van der Waals surface area contributed by atoms with E-state index in [4.69, 9.17) is 16.6 Å². The average Bonchev–Trinajstić information content (AvgIpc) is 3.09. The first-order valence-electron chi connectivity index (χ1n) is 8.58. The van der Waals surface area contributed by atoms with Crippen molar-refractivity contribution in [1.82, 2.24) is 14.5 Å². The minimum Gasteiger partial charge on any atom is -0.324 e. The molecule has 5 nitrogen and oxygen atoms in total. The third-order valence-corrected chi connectivity index (χ3v) is 4.62. The molecule has 6 heteroatoms. The maximum absolute atomic E-state index is 12.9. The topological polar surface area (TPSA) is 59.8 Å². The number of pyridine rings is 1. The van der Waals surface area contributed by atoms with Crippen molar-refractivity contribution in [3.8, 4) is 11.5 Å². The Morgan fingerprint density at radius 2 is 1.78 bits per heavy atom. The van der Waals surface area contributed by atoms with Crippen LogP contribution in [-0.2, 0) is 4.79 Å². The van der Waals surface area contributed by atoms with Crippen LogP contribution in [0.5, 0.6) is 0 Å². The molecule has 1 N–H and O–H groups in total. The van der Waals surface area contributed by atoms with Crippen LogP contribution in [0, 0.1) is 0 Å². The van der Waals surface area contributed by atoms with Crippen LogP contribution in [0.2, 0.25) is 5.02 Å². The van der Waals surface area contributed by atoms with E-state index in [2.05, 4.69) is 10.3 Å². The summed E-state index contributed by atoms with van der Waals surface area (Å²) in [7, 11) is 0. The quantitative estimate of drug-likeness (QED) is 0.548. The highest BCUT2D eigenvalue weighted by Gasteiger charge is 2.23. The van der Waals surface area contributed by atoms with Gasteiger partial charge in [0, 0.05) is 16.9 Å². The number of imidazole rings is 1. The summed E-state index contributed by atoms with van der Waals surface area (Å²) in [6.45, 7) is 1.85. The molecule has 1 unspecified atom stereocenters. The molecular formula is C21H17ClN4O. The smallest absolute Gasteiger partial charge is 0.247 e. The number of rotatable bonds is 4. The molecule has 0 spiro atoms. The number of fused-ring (bicyclic) bond motifs is 1. The molecule has 134 valence electrons. The van der Waals surface area contributed by atoms with Crippen LogP contribution < -0.4 is 5.32 Å². The number of carbonyl (C=O) groups is 1. The second-order valence-electron chi connectivity index (χ2n) is 6.18. The normalized spacial score (nSPS) is 12.1. The minimum atomic E-state index is -0.481. The van der Waals surface area contributed by atoms with E-state index in [1.807, 2.05) is 54.0 Å². The Balaban J connectivity index is 1.75. The number of halogens is 1. The summed E-state index contributed by atoms with van der Waals surface area (Å²) in [5.74, 6) is 0.521. The van der Waals surface area contributed by atoms with Crippen LogP contribution >= 0.6 is 11.6 Å². The van der Waals surface area contributed by atoms with Gasteiger partial charge >= 0.3 is 0 Å². The number of nitrogens with one attached hydrogen (secondary N) is 1. The van der Waals surface area contributed by atoms with Gasteiger partial charge < -0.3 is 9.88 Å². The van der Waals surface area contributed by atoms with Gasteiger partial charge in [0.05, 0.1) is 11.0 Å². The van der Waals surface area contributed by atoms with Crippen molar-refractivity contribution in [2.45, 2.75) is 13.0 Å². The van der Waals surface area contributed by atoms with E-state index in [-0.39, 0.29) is 5.91 Å². The lowest BCUT2D eigenvalue weighted by Gasteiger charge is -2.17. The lowest BCUT2D eigenvalue weighted by molar-refractivity contribution is -0.118. The first kappa shape index (κ1) is 17.2. The zero-order chi connectivity index (χ0) is 18.8. The molecule has 4 aromatic rings. The SMILES string of the molecule is CC(C(=O)Nc1ccc(Cl)cc1)n1c(-c2ccccn2)nc2ccccc21. The predicted molar refractivity (Wildman–Crippen MR) is 108 cm³/mol. The van der Waals surface area contributed by atoms with Crippen LogP contribution in [0.1, 0.15) is 13.0 Å². The summed E-state index contributed by atoms with van der Waals surface area (Å²) < 4.78 is 1.92. The highest BCUT2D eigenvalue weighted by atomic mass is 35.5. The zero-order valence-corrected chi connectivity index (χ0v) is 15.4. The van der Waals surface area contributed by atoms with E-state index in [1.54, 1.807) is 30.5 Å². The summed E-state index contributed by atoms with van der Waals surface area (Å²) >= 11 is 5.91. The van der Waals surface area contributed by atoms with Gasteiger partial charge in [0.25, 0.3) is 0 Å². The van der Waals surface area contributed by atoms with Crippen LogP contribution in [0.15, 0.2) is 72.9 Å². The fraction of sp³-hybridized carbons (Fsp3) is 0.0952. The average molecular weight is 377 g/mol. The Hall–Kier alpha value is -3.18. The van der Waals surface area contributed by atoms with E-state index >= 15 is 0 Å². The lowest BCUT2D eigenvalue weighted by Crippen LogP contribution is -2.24. The van der Waals surface area contributed by atoms with E-state index in [9.17, 15) is 4.79 Å². The van der Waals surface area contributed by atoms with Gasteiger partial charge in [-0.1, -0.05) is 29.8 Å². The molecule has 2 heterocycles. The molecular weight excluding hydrogens is 360 g/mol. The van der Waals surface area contributed by atoms with Crippen molar-refractivity contribution in [2.75, 3.05) is 5.32 Å². The Labute approximate surface area is 161 Å². The molecule has 1 amide bonds. The van der Waals surface area contributed by atoms with E-state index in [0.717, 1.165) is 16.7 Å². The van der Waals surface area contributed by atoms with Crippen molar-refractivity contribution >= 4 is 34.2 Å². The molecule has 1 atom stereocenters. The van der Waals surface area contributed by atoms with Crippen LogP contribution in [0.25, 0.3) is 22.6 Å². The summed E-state index contributed by atoms with van der Waals surface area (Å²) in [5.41, 5.74) is 3.13. The van der Waals surface area contributed by atoms with Gasteiger partial charge in [-0.25, -0.2) is 4.98 Å². The van der Waals surface area contributed by atoms with Gasteiger partial charge in [0.2, 0.25) is 5.91 Å². The largest absolute Gasteiger partial charge is 0.324 e. The second-order valence-corrected chi connectivity index (χ2v) is 6.62. The summed E-state index contributed by atoms with van der Waals surface area (Å²) in [4.78, 5) is 22.0. The van der Waals surface area contributed by atoms with Crippen LogP contribution in [-0.4, -0.2) is 20.4 Å². The molecule has 4 rings (SSSR count). The fourth-order valence-corrected chi connectivity index (χ4v) is 3.14. The molecule has 0 bridgehead atoms. The maximum atomic E-state index is 12.9. The monoisotopic (exact) mass is 376 g/mol. The number of anilines is 1. The van der Waals surface area contributed by atoms with Crippen molar-refractivity contribution in [2.24, 2.45) is 0 Å². The molecule has 27 heavy (non-hydrogen) atoms. The third-order valence-electron chi connectivity index (χ3n) is 4.37. The van der Waals surface area contributed by atoms with Gasteiger partial charge in [-0.2, -0.15) is 0 Å². The van der Waals surface area contributed by atoms with Gasteiger partial charge in [-0.3, -0.25) is 9.78 Å². The van der Waals surface area contributed by atoms with E-state index < -0.39 is 6.04 Å². The molecule has 0 aliphatic carbocycles. The Bertz CT molecular complexity index is 1090. The number of carbonyl (C=O) groups excluding carboxylic acids is 1. The third kappa shape index (κ3) is 3.41.